The molecule has 1 aliphatic carbocycles. The molecular weight excluding hydrogens is 252 g/mol. The second-order valence-corrected chi connectivity index (χ2v) is 6.77. The van der Waals surface area contributed by atoms with Crippen molar-refractivity contribution in [1.82, 2.24) is 0 Å². The Kier molecular flexibility index (Phi) is 3.92. The highest BCUT2D eigenvalue weighted by Gasteiger charge is 2.24. The van der Waals surface area contributed by atoms with E-state index < -0.39 is 15.9 Å². The van der Waals surface area contributed by atoms with Gasteiger partial charge in [-0.2, -0.15) is 0 Å². The van der Waals surface area contributed by atoms with Crippen LogP contribution < -0.4 is 4.74 Å². The zero-order valence-electron chi connectivity index (χ0n) is 10.4. The summed E-state index contributed by atoms with van der Waals surface area (Å²) in [6.07, 6.45) is 4.09. The van der Waals surface area contributed by atoms with Crippen LogP contribution in [0.25, 0.3) is 0 Å². The molecule has 1 aromatic carbocycles. The van der Waals surface area contributed by atoms with E-state index in [-0.39, 0.29) is 11.0 Å². The quantitative estimate of drug-likeness (QED) is 0.909. The van der Waals surface area contributed by atoms with Crippen molar-refractivity contribution >= 4 is 9.84 Å². The monoisotopic (exact) mass is 270 g/mol. The third-order valence-corrected chi connectivity index (χ3v) is 4.30. The van der Waals surface area contributed by atoms with Crippen molar-refractivity contribution in [3.05, 3.63) is 24.3 Å². The van der Waals surface area contributed by atoms with Crippen molar-refractivity contribution in [1.29, 1.82) is 0 Å². The molecule has 1 saturated carbocycles. The van der Waals surface area contributed by atoms with Crippen molar-refractivity contribution in [3.63, 3.8) is 0 Å². The Morgan fingerprint density at radius 3 is 2.67 bits per heavy atom. The standard InChI is InChI=1S/C13H18O4S/c1-18(15,16)11-6-4-5-10(9-11)17-13-8-3-2-7-12(13)14/h4-6,9,12-14H,2-3,7-8H2,1H3. The van der Waals surface area contributed by atoms with Gasteiger partial charge in [0.05, 0.1) is 11.0 Å². The van der Waals surface area contributed by atoms with Crippen LogP contribution in [0.4, 0.5) is 0 Å². The molecule has 0 saturated heterocycles. The van der Waals surface area contributed by atoms with Gasteiger partial charge in [0.1, 0.15) is 11.9 Å². The van der Waals surface area contributed by atoms with E-state index >= 15 is 0 Å². The van der Waals surface area contributed by atoms with Crippen LogP contribution in [-0.4, -0.2) is 32.0 Å². The van der Waals surface area contributed by atoms with Crippen molar-refractivity contribution < 1.29 is 18.3 Å². The van der Waals surface area contributed by atoms with Crippen LogP contribution >= 0.6 is 0 Å². The Bertz CT molecular complexity index is 509. The normalized spacial score (nSPS) is 24.8. The van der Waals surface area contributed by atoms with Gasteiger partial charge in [-0.3, -0.25) is 0 Å². The molecule has 0 heterocycles. The van der Waals surface area contributed by atoms with E-state index in [1.807, 2.05) is 0 Å². The lowest BCUT2D eigenvalue weighted by atomic mass is 9.95. The maximum absolute atomic E-state index is 11.4. The zero-order valence-corrected chi connectivity index (χ0v) is 11.2. The molecule has 0 radical (unpaired) electrons. The molecule has 0 aromatic heterocycles. The third-order valence-electron chi connectivity index (χ3n) is 3.19. The van der Waals surface area contributed by atoms with E-state index in [1.165, 1.54) is 12.3 Å². The van der Waals surface area contributed by atoms with Gasteiger partial charge in [0.15, 0.2) is 9.84 Å². The minimum absolute atomic E-state index is 0.228. The van der Waals surface area contributed by atoms with Crippen LogP contribution in [0.15, 0.2) is 29.2 Å². The van der Waals surface area contributed by atoms with Crippen LogP contribution in [0.3, 0.4) is 0 Å². The maximum Gasteiger partial charge on any atom is 0.175 e. The van der Waals surface area contributed by atoms with Crippen LogP contribution in [-0.2, 0) is 9.84 Å². The summed E-state index contributed by atoms with van der Waals surface area (Å²) in [6.45, 7) is 0. The SMILES string of the molecule is CS(=O)(=O)c1cccc(OC2CCCCC2O)c1. The third kappa shape index (κ3) is 3.23. The molecule has 1 aliphatic rings. The summed E-state index contributed by atoms with van der Waals surface area (Å²) in [6, 6.07) is 6.42. The number of hydrogen-bond acceptors (Lipinski definition) is 4. The van der Waals surface area contributed by atoms with Gasteiger partial charge in [-0.15, -0.1) is 0 Å². The number of hydrogen-bond donors (Lipinski definition) is 1. The number of benzene rings is 1. The zero-order chi connectivity index (χ0) is 13.2. The average Bonchev–Trinajstić information content (AvgIpc) is 2.31. The van der Waals surface area contributed by atoms with Crippen LogP contribution in [0.1, 0.15) is 25.7 Å². The lowest BCUT2D eigenvalue weighted by molar-refractivity contribution is 0.00676. The van der Waals surface area contributed by atoms with Gasteiger partial charge in [-0.25, -0.2) is 8.42 Å². The minimum atomic E-state index is -3.22. The van der Waals surface area contributed by atoms with Gasteiger partial charge in [-0.1, -0.05) is 12.5 Å². The van der Waals surface area contributed by atoms with Crippen molar-refractivity contribution in [2.45, 2.75) is 42.8 Å². The molecule has 2 rings (SSSR count). The highest BCUT2D eigenvalue weighted by Crippen LogP contribution is 2.25. The predicted octanol–water partition coefficient (Wildman–Crippen LogP) is 1.77. The van der Waals surface area contributed by atoms with Gasteiger partial charge in [0.2, 0.25) is 0 Å². The highest BCUT2D eigenvalue weighted by molar-refractivity contribution is 7.90. The van der Waals surface area contributed by atoms with Crippen molar-refractivity contribution in [2.75, 3.05) is 6.26 Å². The molecular formula is C13H18O4S. The van der Waals surface area contributed by atoms with E-state index in [0.717, 1.165) is 25.7 Å². The summed E-state index contributed by atoms with van der Waals surface area (Å²) >= 11 is 0. The molecule has 2 atom stereocenters. The molecule has 0 amide bonds. The number of ether oxygens (including phenoxy) is 1. The molecule has 0 aliphatic heterocycles. The second kappa shape index (κ2) is 5.28. The Morgan fingerprint density at radius 1 is 1.28 bits per heavy atom. The van der Waals surface area contributed by atoms with Gasteiger partial charge in [-0.05, 0) is 37.5 Å². The van der Waals surface area contributed by atoms with Crippen molar-refractivity contribution in [2.24, 2.45) is 0 Å². The first kappa shape index (κ1) is 13.4. The molecule has 5 heteroatoms. The van der Waals surface area contributed by atoms with Crippen molar-refractivity contribution in [3.8, 4) is 5.75 Å². The topological polar surface area (TPSA) is 63.6 Å². The molecule has 18 heavy (non-hydrogen) atoms. The largest absolute Gasteiger partial charge is 0.488 e. The smallest absolute Gasteiger partial charge is 0.175 e. The summed E-state index contributed by atoms with van der Waals surface area (Å²) in [4.78, 5) is 0.241. The first-order valence-corrected chi connectivity index (χ1v) is 8.01. The summed E-state index contributed by atoms with van der Waals surface area (Å²) < 4.78 is 28.6. The van der Waals surface area contributed by atoms with E-state index in [4.69, 9.17) is 4.74 Å². The summed E-state index contributed by atoms with van der Waals surface area (Å²) in [5, 5.41) is 9.82. The first-order valence-electron chi connectivity index (χ1n) is 6.11. The summed E-state index contributed by atoms with van der Waals surface area (Å²) in [7, 11) is -3.22. The van der Waals surface area contributed by atoms with Gasteiger partial charge < -0.3 is 9.84 Å². The molecule has 2 unspecified atom stereocenters. The average molecular weight is 270 g/mol. The van der Waals surface area contributed by atoms with Gasteiger partial charge in [0.25, 0.3) is 0 Å². The fourth-order valence-electron chi connectivity index (χ4n) is 2.17. The molecule has 1 aromatic rings. The highest BCUT2D eigenvalue weighted by atomic mass is 32.2. The van der Waals surface area contributed by atoms with E-state index in [0.29, 0.717) is 5.75 Å². The molecule has 0 bridgehead atoms. The van der Waals surface area contributed by atoms with E-state index in [9.17, 15) is 13.5 Å². The van der Waals surface area contributed by atoms with Crippen LogP contribution in [0.5, 0.6) is 5.75 Å². The predicted molar refractivity (Wildman–Crippen MR) is 68.4 cm³/mol. The fourth-order valence-corrected chi connectivity index (χ4v) is 2.82. The molecule has 100 valence electrons. The fraction of sp³-hybridized carbons (Fsp3) is 0.538. The van der Waals surface area contributed by atoms with Gasteiger partial charge in [0, 0.05) is 6.26 Å². The Labute approximate surface area is 108 Å². The van der Waals surface area contributed by atoms with Crippen LogP contribution in [0, 0.1) is 0 Å². The Morgan fingerprint density at radius 2 is 2.00 bits per heavy atom. The first-order chi connectivity index (χ1) is 8.47. The Hall–Kier alpha value is -1.07. The summed E-state index contributed by atoms with van der Waals surface area (Å²) in [5.74, 6) is 0.504. The van der Waals surface area contributed by atoms with Crippen LogP contribution in [0.2, 0.25) is 0 Å². The summed E-state index contributed by atoms with van der Waals surface area (Å²) in [5.41, 5.74) is 0. The molecule has 1 N–H and O–H groups in total. The second-order valence-electron chi connectivity index (χ2n) is 4.76. The number of aliphatic hydroxyl groups is 1. The molecule has 1 fully saturated rings. The molecule has 4 nitrogen and oxygen atoms in total. The van der Waals surface area contributed by atoms with E-state index in [2.05, 4.69) is 0 Å². The lowest BCUT2D eigenvalue weighted by Gasteiger charge is -2.28. The lowest BCUT2D eigenvalue weighted by Crippen LogP contribution is -2.34. The number of rotatable bonds is 3. The number of aliphatic hydroxyl groups excluding tert-OH is 1. The minimum Gasteiger partial charge on any atom is -0.488 e. The molecule has 0 spiro atoms. The van der Waals surface area contributed by atoms with Gasteiger partial charge >= 0.3 is 0 Å². The van der Waals surface area contributed by atoms with E-state index in [1.54, 1.807) is 18.2 Å². The maximum atomic E-state index is 11.4. The number of sulfone groups is 1. The Balaban J connectivity index is 2.14.